The summed E-state index contributed by atoms with van der Waals surface area (Å²) in [6.07, 6.45) is 4.16. The van der Waals surface area contributed by atoms with E-state index in [-0.39, 0.29) is 0 Å². The van der Waals surface area contributed by atoms with Crippen molar-refractivity contribution in [1.82, 2.24) is 10.6 Å². The molecule has 0 heterocycles. The molecule has 0 aromatic rings. The summed E-state index contributed by atoms with van der Waals surface area (Å²) < 4.78 is 42.3. The second kappa shape index (κ2) is 24.6. The van der Waals surface area contributed by atoms with Crippen LogP contribution < -0.4 is 10.6 Å². The highest BCUT2D eigenvalue weighted by Gasteiger charge is 2.37. The highest BCUT2D eigenvalue weighted by Crippen LogP contribution is 2.15. The van der Waals surface area contributed by atoms with E-state index in [4.69, 9.17) is 35.4 Å². The van der Waals surface area contributed by atoms with Crippen molar-refractivity contribution in [2.24, 2.45) is 0 Å². The first kappa shape index (κ1) is 34.6. The molecule has 0 aromatic carbocycles. The largest absolute Gasteiger partial charge is 0.500 e. The molecule has 14 heteroatoms. The minimum absolute atomic E-state index is 0.802. The maximum Gasteiger partial charge on any atom is 0.500 e. The lowest BCUT2D eigenvalue weighted by Gasteiger charge is -2.25. The van der Waals surface area contributed by atoms with Crippen molar-refractivity contribution in [2.45, 2.75) is 37.8 Å². The predicted octanol–water partition coefficient (Wildman–Crippen LogP) is -0.937. The second-order valence-corrected chi connectivity index (χ2v) is 14.3. The van der Waals surface area contributed by atoms with Gasteiger partial charge in [-0.05, 0) is 51.9 Å². The standard InChI is InChI=1S/C12H31NO6Si2.C6H19NO2Si2/c1-14-20(15-2,16-3)11-7-9-13-10-8-12-21(17-4,18-5)19-6;10-8-5-1-3-7-4-2-6-9-11/h13H,7-12H2,1-6H3;7H,1-6H2,10-11H3. The average molecular weight is 535 g/mol. The van der Waals surface area contributed by atoms with Crippen LogP contribution in [0.25, 0.3) is 0 Å². The molecule has 0 spiro atoms. The Balaban J connectivity index is 0. The summed E-state index contributed by atoms with van der Waals surface area (Å²) in [4.78, 5) is 0. The maximum absolute atomic E-state index is 5.37. The lowest BCUT2D eigenvalue weighted by Crippen LogP contribution is -2.43. The molecule has 0 unspecified atom stereocenters. The molecule has 0 bridgehead atoms. The van der Waals surface area contributed by atoms with Gasteiger partial charge in [0, 0.05) is 68.0 Å². The third-order valence-electron chi connectivity index (χ3n) is 4.94. The fourth-order valence-electron chi connectivity index (χ4n) is 2.91. The lowest BCUT2D eigenvalue weighted by molar-refractivity contribution is 0.123. The van der Waals surface area contributed by atoms with Gasteiger partial charge in [0.15, 0.2) is 0 Å². The zero-order valence-electron chi connectivity index (χ0n) is 21.8. The maximum atomic E-state index is 5.37. The van der Waals surface area contributed by atoms with Gasteiger partial charge in [0.05, 0.1) is 0 Å². The Morgan fingerprint density at radius 2 is 0.781 bits per heavy atom. The van der Waals surface area contributed by atoms with E-state index in [2.05, 4.69) is 10.6 Å². The molecule has 0 radical (unpaired) electrons. The number of hydrogen-bond donors (Lipinski definition) is 2. The minimum Gasteiger partial charge on any atom is -0.428 e. The molecule has 0 aliphatic heterocycles. The third-order valence-corrected chi connectivity index (χ3v) is 11.4. The quantitative estimate of drug-likeness (QED) is 0.134. The van der Waals surface area contributed by atoms with Crippen molar-refractivity contribution in [1.29, 1.82) is 0 Å². The predicted molar refractivity (Wildman–Crippen MR) is 139 cm³/mol. The summed E-state index contributed by atoms with van der Waals surface area (Å²) in [7, 11) is 6.70. The Hall–Kier alpha value is 0.468. The Bertz CT molecular complexity index is 336. The van der Waals surface area contributed by atoms with Crippen LogP contribution in [0.4, 0.5) is 0 Å². The summed E-state index contributed by atoms with van der Waals surface area (Å²) >= 11 is 0. The normalized spacial score (nSPS) is 12.2. The molecule has 0 aliphatic rings. The van der Waals surface area contributed by atoms with E-state index in [9.17, 15) is 0 Å². The van der Waals surface area contributed by atoms with Crippen molar-refractivity contribution in [3.63, 3.8) is 0 Å². The monoisotopic (exact) mass is 534 g/mol. The van der Waals surface area contributed by atoms with Crippen LogP contribution in [-0.4, -0.2) is 121 Å². The zero-order valence-corrected chi connectivity index (χ0v) is 27.8. The summed E-state index contributed by atoms with van der Waals surface area (Å²) in [6.45, 7) is 5.76. The zero-order chi connectivity index (χ0) is 24.6. The average Bonchev–Trinajstić information content (AvgIpc) is 2.84. The number of rotatable bonds is 22. The minimum atomic E-state index is -2.43. The SMILES string of the molecule is CO[Si](CCCNCCC[Si](OC)(OC)OC)(OC)OC.[SiH3]OCCCNCCCO[SiH3]. The fourth-order valence-corrected chi connectivity index (χ4v) is 6.93. The molecule has 0 amide bonds. The second-order valence-electron chi connectivity index (χ2n) is 6.99. The Kier molecular flexibility index (Phi) is 26.6. The fraction of sp³-hybridized carbons (Fsp3) is 1.00. The first-order valence-corrected chi connectivity index (χ1v) is 16.7. The van der Waals surface area contributed by atoms with E-state index in [0.717, 1.165) is 98.1 Å². The van der Waals surface area contributed by atoms with Gasteiger partial charge >= 0.3 is 17.6 Å². The first-order chi connectivity index (χ1) is 15.5. The Labute approximate surface area is 204 Å². The summed E-state index contributed by atoms with van der Waals surface area (Å²) in [5, 5.41) is 6.71. The third kappa shape index (κ3) is 17.9. The van der Waals surface area contributed by atoms with Crippen LogP contribution in [0, 0.1) is 0 Å². The molecule has 0 aliphatic carbocycles. The molecule has 0 rings (SSSR count). The van der Waals surface area contributed by atoms with Crippen molar-refractivity contribution in [3.8, 4) is 0 Å². The highest BCUT2D eigenvalue weighted by molar-refractivity contribution is 6.60. The highest BCUT2D eigenvalue weighted by atomic mass is 28.4. The van der Waals surface area contributed by atoms with Crippen molar-refractivity contribution < 1.29 is 35.4 Å². The molecular weight excluding hydrogens is 485 g/mol. The molecule has 10 nitrogen and oxygen atoms in total. The van der Waals surface area contributed by atoms with Crippen molar-refractivity contribution in [2.75, 3.05) is 82.1 Å². The molecule has 32 heavy (non-hydrogen) atoms. The van der Waals surface area contributed by atoms with E-state index in [1.54, 1.807) is 42.7 Å². The van der Waals surface area contributed by atoms with Crippen molar-refractivity contribution >= 4 is 38.6 Å². The molecule has 196 valence electrons. The van der Waals surface area contributed by atoms with E-state index in [0.29, 0.717) is 0 Å². The summed E-state index contributed by atoms with van der Waals surface area (Å²) in [5.74, 6) is 0. The van der Waals surface area contributed by atoms with Crippen LogP contribution >= 0.6 is 0 Å². The van der Waals surface area contributed by atoms with Crippen LogP contribution in [0.1, 0.15) is 25.7 Å². The number of nitrogens with one attached hydrogen (secondary N) is 2. The molecular formula is C18H50N2O8Si4. The molecule has 0 saturated heterocycles. The summed E-state index contributed by atoms with van der Waals surface area (Å²) in [5.41, 5.74) is 0. The van der Waals surface area contributed by atoms with Gasteiger partial charge in [-0.2, -0.15) is 0 Å². The van der Waals surface area contributed by atoms with E-state index < -0.39 is 17.6 Å². The van der Waals surface area contributed by atoms with Crippen LogP contribution in [0.3, 0.4) is 0 Å². The smallest absolute Gasteiger partial charge is 0.428 e. The first-order valence-electron chi connectivity index (χ1n) is 11.2. The van der Waals surface area contributed by atoms with Gasteiger partial charge < -0.3 is 46.0 Å². The molecule has 0 fully saturated rings. The van der Waals surface area contributed by atoms with E-state index in [1.807, 2.05) is 0 Å². The van der Waals surface area contributed by atoms with Gasteiger partial charge in [-0.15, -0.1) is 0 Å². The van der Waals surface area contributed by atoms with Crippen LogP contribution in [0.5, 0.6) is 0 Å². The summed E-state index contributed by atoms with van der Waals surface area (Å²) in [6, 6.07) is 1.60. The molecule has 2 N–H and O–H groups in total. The topological polar surface area (TPSA) is 97.9 Å². The van der Waals surface area contributed by atoms with Crippen molar-refractivity contribution in [3.05, 3.63) is 0 Å². The van der Waals surface area contributed by atoms with E-state index in [1.165, 1.54) is 0 Å². The van der Waals surface area contributed by atoms with Gasteiger partial charge in [0.2, 0.25) is 0 Å². The Morgan fingerprint density at radius 3 is 1.03 bits per heavy atom. The van der Waals surface area contributed by atoms with Gasteiger partial charge in [0.25, 0.3) is 0 Å². The Morgan fingerprint density at radius 1 is 0.500 bits per heavy atom. The molecule has 0 saturated carbocycles. The van der Waals surface area contributed by atoms with Gasteiger partial charge in [-0.1, -0.05) is 0 Å². The van der Waals surface area contributed by atoms with Crippen LogP contribution in [0.2, 0.25) is 12.1 Å². The van der Waals surface area contributed by atoms with E-state index >= 15 is 0 Å². The number of hydrogen-bond acceptors (Lipinski definition) is 10. The van der Waals surface area contributed by atoms with Gasteiger partial charge in [0.1, 0.15) is 21.0 Å². The van der Waals surface area contributed by atoms with Gasteiger partial charge in [-0.3, -0.25) is 0 Å². The lowest BCUT2D eigenvalue weighted by atomic mass is 10.4. The van der Waals surface area contributed by atoms with Crippen LogP contribution in [-0.2, 0) is 35.4 Å². The van der Waals surface area contributed by atoms with Gasteiger partial charge in [-0.25, -0.2) is 0 Å². The molecule has 0 atom stereocenters. The molecule has 0 aromatic heterocycles. The van der Waals surface area contributed by atoms with Crippen LogP contribution in [0.15, 0.2) is 0 Å².